The highest BCUT2D eigenvalue weighted by Gasteiger charge is 2.21. The van der Waals surface area contributed by atoms with Crippen LogP contribution in [-0.2, 0) is 27.3 Å². The van der Waals surface area contributed by atoms with Gasteiger partial charge in [-0.15, -0.1) is 0 Å². The van der Waals surface area contributed by atoms with E-state index in [-0.39, 0.29) is 18.1 Å². The second-order valence-electron chi connectivity index (χ2n) is 6.06. The van der Waals surface area contributed by atoms with Gasteiger partial charge in [-0.3, -0.25) is 9.59 Å². The molecule has 0 fully saturated rings. The van der Waals surface area contributed by atoms with Crippen LogP contribution in [0.3, 0.4) is 0 Å². The number of pyridine rings is 1. The SMILES string of the molecule is CC(C)(C)OC(=O)Cn1cc(CC(=O)O)c2c(Br)cnc(Cl)c21. The van der Waals surface area contributed by atoms with E-state index in [4.69, 9.17) is 21.4 Å². The Morgan fingerprint density at radius 3 is 2.65 bits per heavy atom. The minimum atomic E-state index is -0.971. The van der Waals surface area contributed by atoms with Crippen molar-refractivity contribution in [2.75, 3.05) is 0 Å². The molecule has 0 amide bonds. The molecule has 0 aliphatic rings. The molecule has 0 aliphatic carbocycles. The number of carboxylic acids is 1. The Balaban J connectivity index is 2.49. The molecule has 23 heavy (non-hydrogen) atoms. The molecule has 1 N–H and O–H groups in total. The molecule has 0 saturated carbocycles. The molecule has 0 radical (unpaired) electrons. The highest BCUT2D eigenvalue weighted by Crippen LogP contribution is 2.33. The lowest BCUT2D eigenvalue weighted by molar-refractivity contribution is -0.155. The second kappa shape index (κ2) is 6.49. The van der Waals surface area contributed by atoms with Crippen LogP contribution in [0, 0.1) is 0 Å². The van der Waals surface area contributed by atoms with Crippen molar-refractivity contribution in [2.24, 2.45) is 0 Å². The maximum absolute atomic E-state index is 12.1. The Labute approximate surface area is 146 Å². The van der Waals surface area contributed by atoms with E-state index >= 15 is 0 Å². The lowest BCUT2D eigenvalue weighted by Crippen LogP contribution is -2.26. The molecule has 0 bridgehead atoms. The number of aliphatic carboxylic acids is 1. The molecule has 2 rings (SSSR count). The van der Waals surface area contributed by atoms with Crippen LogP contribution in [0.5, 0.6) is 0 Å². The quantitative estimate of drug-likeness (QED) is 0.625. The molecule has 2 aromatic heterocycles. The Hall–Kier alpha value is -1.60. The van der Waals surface area contributed by atoms with Gasteiger partial charge in [0.25, 0.3) is 0 Å². The van der Waals surface area contributed by atoms with E-state index in [9.17, 15) is 9.59 Å². The van der Waals surface area contributed by atoms with Crippen LogP contribution in [0.25, 0.3) is 10.9 Å². The largest absolute Gasteiger partial charge is 0.481 e. The Kier molecular flexibility index (Phi) is 5.01. The normalized spacial score (nSPS) is 11.7. The molecule has 0 atom stereocenters. The number of ether oxygens (including phenoxy) is 1. The number of carbonyl (C=O) groups excluding carboxylic acids is 1. The molecular weight excluding hydrogens is 388 g/mol. The van der Waals surface area contributed by atoms with Gasteiger partial charge in [-0.05, 0) is 42.3 Å². The van der Waals surface area contributed by atoms with Crippen molar-refractivity contribution in [3.05, 3.63) is 27.6 Å². The highest BCUT2D eigenvalue weighted by atomic mass is 79.9. The van der Waals surface area contributed by atoms with E-state index in [1.54, 1.807) is 31.5 Å². The third kappa shape index (κ3) is 4.23. The maximum Gasteiger partial charge on any atom is 0.326 e. The summed E-state index contributed by atoms with van der Waals surface area (Å²) in [5, 5.41) is 9.90. The van der Waals surface area contributed by atoms with Gasteiger partial charge in [0.1, 0.15) is 12.1 Å². The van der Waals surface area contributed by atoms with Crippen LogP contribution >= 0.6 is 27.5 Å². The summed E-state index contributed by atoms with van der Waals surface area (Å²) in [5.41, 5.74) is 0.447. The van der Waals surface area contributed by atoms with Gasteiger partial charge in [0.15, 0.2) is 5.15 Å². The molecule has 2 heterocycles. The Morgan fingerprint density at radius 1 is 1.43 bits per heavy atom. The average molecular weight is 404 g/mol. The molecule has 0 aromatic carbocycles. The molecule has 124 valence electrons. The minimum Gasteiger partial charge on any atom is -0.481 e. The molecule has 2 aromatic rings. The van der Waals surface area contributed by atoms with Gasteiger partial charge in [0.05, 0.1) is 11.9 Å². The van der Waals surface area contributed by atoms with Crippen LogP contribution in [0.15, 0.2) is 16.9 Å². The number of hydrogen-bond acceptors (Lipinski definition) is 4. The molecule has 0 saturated heterocycles. The van der Waals surface area contributed by atoms with Crippen molar-refractivity contribution < 1.29 is 19.4 Å². The summed E-state index contributed by atoms with van der Waals surface area (Å²) < 4.78 is 7.49. The monoisotopic (exact) mass is 402 g/mol. The van der Waals surface area contributed by atoms with Crippen LogP contribution < -0.4 is 0 Å². The lowest BCUT2D eigenvalue weighted by Gasteiger charge is -2.19. The summed E-state index contributed by atoms with van der Waals surface area (Å²) in [6.45, 7) is 5.25. The van der Waals surface area contributed by atoms with Gasteiger partial charge in [-0.2, -0.15) is 0 Å². The summed E-state index contributed by atoms with van der Waals surface area (Å²) in [6.07, 6.45) is 2.92. The van der Waals surface area contributed by atoms with Gasteiger partial charge in [0, 0.05) is 22.3 Å². The van der Waals surface area contributed by atoms with Crippen LogP contribution in [0.4, 0.5) is 0 Å². The summed E-state index contributed by atoms with van der Waals surface area (Å²) in [5.74, 6) is -1.41. The lowest BCUT2D eigenvalue weighted by atomic mass is 10.1. The van der Waals surface area contributed by atoms with Gasteiger partial charge in [0.2, 0.25) is 0 Å². The van der Waals surface area contributed by atoms with Crippen molar-refractivity contribution in [3.8, 4) is 0 Å². The topological polar surface area (TPSA) is 81.4 Å². The Bertz CT molecular complexity index is 780. The molecule has 8 heteroatoms. The predicted octanol–water partition coefficient (Wildman–Crippen LogP) is 3.42. The van der Waals surface area contributed by atoms with Gasteiger partial charge < -0.3 is 14.4 Å². The van der Waals surface area contributed by atoms with Crippen LogP contribution in [-0.4, -0.2) is 32.2 Å². The highest BCUT2D eigenvalue weighted by molar-refractivity contribution is 9.10. The van der Waals surface area contributed by atoms with Crippen molar-refractivity contribution in [1.29, 1.82) is 0 Å². The van der Waals surface area contributed by atoms with Crippen LogP contribution in [0.1, 0.15) is 26.3 Å². The van der Waals surface area contributed by atoms with E-state index in [1.807, 2.05) is 0 Å². The summed E-state index contributed by atoms with van der Waals surface area (Å²) >= 11 is 9.50. The summed E-state index contributed by atoms with van der Waals surface area (Å²) in [4.78, 5) is 27.2. The zero-order chi connectivity index (χ0) is 17.4. The smallest absolute Gasteiger partial charge is 0.326 e. The summed E-state index contributed by atoms with van der Waals surface area (Å²) in [6, 6.07) is 0. The van der Waals surface area contributed by atoms with E-state index in [2.05, 4.69) is 20.9 Å². The molecule has 0 aliphatic heterocycles. The van der Waals surface area contributed by atoms with Crippen LogP contribution in [0.2, 0.25) is 5.15 Å². The number of fused-ring (bicyclic) bond motifs is 1. The van der Waals surface area contributed by atoms with Gasteiger partial charge >= 0.3 is 11.9 Å². The number of rotatable bonds is 4. The van der Waals surface area contributed by atoms with Crippen molar-refractivity contribution in [3.63, 3.8) is 0 Å². The van der Waals surface area contributed by atoms with E-state index in [0.717, 1.165) is 0 Å². The molecule has 0 spiro atoms. The Morgan fingerprint density at radius 2 is 2.09 bits per heavy atom. The third-order valence-corrected chi connectivity index (χ3v) is 3.82. The average Bonchev–Trinajstić information content (AvgIpc) is 2.70. The third-order valence-electron chi connectivity index (χ3n) is 2.94. The molecule has 6 nitrogen and oxygen atoms in total. The predicted molar refractivity (Wildman–Crippen MR) is 89.6 cm³/mol. The number of halogens is 2. The first-order valence-electron chi connectivity index (χ1n) is 6.84. The summed E-state index contributed by atoms with van der Waals surface area (Å²) in [7, 11) is 0. The zero-order valence-corrected chi connectivity index (χ0v) is 15.2. The fraction of sp³-hybridized carbons (Fsp3) is 0.400. The van der Waals surface area contributed by atoms with E-state index in [0.29, 0.717) is 20.9 Å². The van der Waals surface area contributed by atoms with Crippen molar-refractivity contribution in [1.82, 2.24) is 9.55 Å². The van der Waals surface area contributed by atoms with E-state index in [1.165, 1.54) is 6.20 Å². The van der Waals surface area contributed by atoms with Crippen molar-refractivity contribution >= 4 is 50.4 Å². The number of hydrogen-bond donors (Lipinski definition) is 1. The van der Waals surface area contributed by atoms with Crippen molar-refractivity contribution in [2.45, 2.75) is 39.3 Å². The van der Waals surface area contributed by atoms with Gasteiger partial charge in [-0.1, -0.05) is 11.6 Å². The number of nitrogens with zero attached hydrogens (tertiary/aromatic N) is 2. The molecular formula is C15H16BrClN2O4. The number of carboxylic acid groups (broad SMARTS) is 1. The first-order chi connectivity index (χ1) is 10.6. The first kappa shape index (κ1) is 17.7. The first-order valence-corrected chi connectivity index (χ1v) is 8.01. The number of esters is 1. The fourth-order valence-corrected chi connectivity index (χ4v) is 3.07. The number of aromatic nitrogens is 2. The maximum atomic E-state index is 12.1. The standard InChI is InChI=1S/C15H16BrClN2O4/c1-15(2,3)23-11(22)7-19-6-8(4-10(20)21)12-9(16)5-18-14(17)13(12)19/h5-6H,4,7H2,1-3H3,(H,20,21). The van der Waals surface area contributed by atoms with E-state index < -0.39 is 17.5 Å². The molecule has 0 unspecified atom stereocenters. The zero-order valence-electron chi connectivity index (χ0n) is 12.9. The fourth-order valence-electron chi connectivity index (χ4n) is 2.27. The second-order valence-corrected chi connectivity index (χ2v) is 7.27. The van der Waals surface area contributed by atoms with Gasteiger partial charge in [-0.25, -0.2) is 4.98 Å². The number of carbonyl (C=O) groups is 2. The minimum absolute atomic E-state index is 0.0781.